The van der Waals surface area contributed by atoms with Crippen molar-refractivity contribution >= 4 is 22.9 Å². The third kappa shape index (κ3) is 6.18. The zero-order valence-corrected chi connectivity index (χ0v) is 21.7. The first-order valence-corrected chi connectivity index (χ1v) is 12.6. The van der Waals surface area contributed by atoms with Crippen molar-refractivity contribution in [3.63, 3.8) is 0 Å². The van der Waals surface area contributed by atoms with Gasteiger partial charge in [0.25, 0.3) is 5.91 Å². The van der Waals surface area contributed by atoms with Gasteiger partial charge in [-0.3, -0.25) is 4.79 Å². The molecule has 36 heavy (non-hydrogen) atoms. The molecule has 0 unspecified atom stereocenters. The maximum atomic E-state index is 13.6. The summed E-state index contributed by atoms with van der Waals surface area (Å²) in [6.07, 6.45) is 3.71. The van der Waals surface area contributed by atoms with E-state index in [1.807, 2.05) is 43.9 Å². The van der Waals surface area contributed by atoms with Crippen LogP contribution in [0.1, 0.15) is 51.2 Å². The lowest BCUT2D eigenvalue weighted by molar-refractivity contribution is -0.150. The molecule has 1 aliphatic heterocycles. The number of fused-ring (bicyclic) bond motifs is 1. The Hall–Kier alpha value is -3.09. The number of nitrogens with zero attached hydrogens (tertiary/aromatic N) is 4. The third-order valence-corrected chi connectivity index (χ3v) is 6.45. The van der Waals surface area contributed by atoms with Crippen LogP contribution in [0.3, 0.4) is 0 Å². The van der Waals surface area contributed by atoms with Crippen LogP contribution in [0.4, 0.5) is 4.79 Å². The molecule has 9 heteroatoms. The quantitative estimate of drug-likeness (QED) is 0.517. The van der Waals surface area contributed by atoms with Gasteiger partial charge in [-0.25, -0.2) is 4.79 Å². The molecule has 2 fully saturated rings. The number of carbonyl (C=O) groups is 2. The van der Waals surface area contributed by atoms with Gasteiger partial charge in [-0.1, -0.05) is 6.07 Å². The molecule has 1 saturated carbocycles. The second-order valence-electron chi connectivity index (χ2n) is 10.5. The van der Waals surface area contributed by atoms with Crippen molar-refractivity contribution in [3.05, 3.63) is 35.5 Å². The summed E-state index contributed by atoms with van der Waals surface area (Å²) in [6, 6.07) is 8.07. The first-order valence-electron chi connectivity index (χ1n) is 12.6. The van der Waals surface area contributed by atoms with E-state index in [-0.39, 0.29) is 18.5 Å². The van der Waals surface area contributed by atoms with E-state index >= 15 is 0 Å². The van der Waals surface area contributed by atoms with Gasteiger partial charge < -0.3 is 28.6 Å². The second kappa shape index (κ2) is 10.9. The molecular formula is C27H36N4O5. The molecule has 0 bridgehead atoms. The van der Waals surface area contributed by atoms with Crippen LogP contribution in [0.5, 0.6) is 0 Å². The van der Waals surface area contributed by atoms with Crippen LogP contribution < -0.4 is 0 Å². The number of methoxy groups -OCH3 is 1. The number of amides is 2. The lowest BCUT2D eigenvalue weighted by Gasteiger charge is -2.35. The average molecular weight is 497 g/mol. The van der Waals surface area contributed by atoms with Gasteiger partial charge >= 0.3 is 6.09 Å². The number of hydrogen-bond acceptors (Lipinski definition) is 6. The molecule has 1 atom stereocenters. The monoisotopic (exact) mass is 496 g/mol. The number of rotatable bonds is 8. The second-order valence-corrected chi connectivity index (χ2v) is 10.5. The number of nitriles is 1. The van der Waals surface area contributed by atoms with Gasteiger partial charge in [0.05, 0.1) is 24.8 Å². The van der Waals surface area contributed by atoms with Gasteiger partial charge in [-0.05, 0) is 57.7 Å². The van der Waals surface area contributed by atoms with Crippen molar-refractivity contribution in [3.8, 4) is 6.07 Å². The molecule has 2 heterocycles. The van der Waals surface area contributed by atoms with E-state index in [9.17, 15) is 14.9 Å². The molecule has 4 rings (SSSR count). The fourth-order valence-electron chi connectivity index (χ4n) is 4.56. The van der Waals surface area contributed by atoms with Gasteiger partial charge in [0, 0.05) is 56.5 Å². The minimum Gasteiger partial charge on any atom is -0.444 e. The minimum atomic E-state index is -0.716. The minimum absolute atomic E-state index is 0.0975. The first-order chi connectivity index (χ1) is 17.2. The summed E-state index contributed by atoms with van der Waals surface area (Å²) < 4.78 is 18.7. The van der Waals surface area contributed by atoms with Crippen LogP contribution in [-0.2, 0) is 32.1 Å². The predicted octanol–water partition coefficient (Wildman–Crippen LogP) is 3.68. The topological polar surface area (TPSA) is 97.0 Å². The number of morpholine rings is 1. The highest BCUT2D eigenvalue weighted by atomic mass is 16.6. The number of aromatic nitrogens is 1. The highest BCUT2D eigenvalue weighted by molar-refractivity contribution is 5.87. The number of ether oxygens (including phenoxy) is 3. The standard InChI is InChI=1S/C27H36N4O5/c1-27(2,3)36-26(33)30-11-13-35-24(18-30)25(32)31(21-7-8-21)17-20-16-29(10-5-12-34-4)23-14-19(15-28)6-9-22(20)23/h6,9,14,16,21,24H,5,7-8,10-13,17-18H2,1-4H3/t24-/m1/s1. The maximum absolute atomic E-state index is 13.6. The molecule has 1 saturated heterocycles. The SMILES string of the molecule is COCCCn1cc(CN(C(=O)[C@H]2CN(C(=O)OC(C)(C)C)CCO2)C2CC2)c2ccc(C#N)cc21. The molecule has 9 nitrogen and oxygen atoms in total. The van der Waals surface area contributed by atoms with E-state index in [1.165, 1.54) is 0 Å². The molecule has 0 spiro atoms. The van der Waals surface area contributed by atoms with Crippen molar-refractivity contribution in [1.29, 1.82) is 5.26 Å². The van der Waals surface area contributed by atoms with Crippen molar-refractivity contribution in [2.75, 3.05) is 33.4 Å². The smallest absolute Gasteiger partial charge is 0.410 e. The van der Waals surface area contributed by atoms with Gasteiger partial charge in [-0.15, -0.1) is 0 Å². The summed E-state index contributed by atoms with van der Waals surface area (Å²) in [6.45, 7) is 8.22. The third-order valence-electron chi connectivity index (χ3n) is 6.45. The molecule has 2 aromatic rings. The number of benzene rings is 1. The molecule has 1 aliphatic carbocycles. The Labute approximate surface area is 212 Å². The Morgan fingerprint density at radius 1 is 1.28 bits per heavy atom. The summed E-state index contributed by atoms with van der Waals surface area (Å²) in [5.74, 6) is -0.0975. The largest absolute Gasteiger partial charge is 0.444 e. The Balaban J connectivity index is 1.53. The summed E-state index contributed by atoms with van der Waals surface area (Å²) >= 11 is 0. The van der Waals surface area contributed by atoms with Crippen molar-refractivity contribution in [2.24, 2.45) is 0 Å². The van der Waals surface area contributed by atoms with Gasteiger partial charge in [0.1, 0.15) is 5.60 Å². The van der Waals surface area contributed by atoms with E-state index in [0.717, 1.165) is 42.3 Å². The zero-order valence-electron chi connectivity index (χ0n) is 21.7. The van der Waals surface area contributed by atoms with Crippen molar-refractivity contribution in [2.45, 2.75) is 70.9 Å². The van der Waals surface area contributed by atoms with E-state index in [2.05, 4.69) is 16.8 Å². The Morgan fingerprint density at radius 2 is 2.06 bits per heavy atom. The zero-order chi connectivity index (χ0) is 25.9. The molecule has 194 valence electrons. The fourth-order valence-corrected chi connectivity index (χ4v) is 4.56. The van der Waals surface area contributed by atoms with Crippen LogP contribution in [0.25, 0.3) is 10.9 Å². The summed E-state index contributed by atoms with van der Waals surface area (Å²) in [5, 5.41) is 10.4. The lowest BCUT2D eigenvalue weighted by Crippen LogP contribution is -2.53. The molecule has 0 radical (unpaired) electrons. The maximum Gasteiger partial charge on any atom is 0.410 e. The van der Waals surface area contributed by atoms with Crippen LogP contribution in [0, 0.1) is 11.3 Å². The first kappa shape index (κ1) is 26.0. The predicted molar refractivity (Wildman–Crippen MR) is 134 cm³/mol. The van der Waals surface area contributed by atoms with Crippen LogP contribution in [0.15, 0.2) is 24.4 Å². The van der Waals surface area contributed by atoms with Gasteiger partial charge in [-0.2, -0.15) is 5.26 Å². The van der Waals surface area contributed by atoms with E-state index in [4.69, 9.17) is 14.2 Å². The summed E-state index contributed by atoms with van der Waals surface area (Å²) in [4.78, 5) is 29.7. The van der Waals surface area contributed by atoms with Crippen molar-refractivity contribution < 1.29 is 23.8 Å². The highest BCUT2D eigenvalue weighted by Crippen LogP contribution is 2.32. The average Bonchev–Trinajstić information content (AvgIpc) is 3.64. The molecule has 2 amide bonds. The van der Waals surface area contributed by atoms with Crippen LogP contribution in [-0.4, -0.2) is 77.5 Å². The molecular weight excluding hydrogens is 460 g/mol. The molecule has 2 aliphatic rings. The van der Waals surface area contributed by atoms with Crippen LogP contribution in [0.2, 0.25) is 0 Å². The summed E-state index contributed by atoms with van der Waals surface area (Å²) in [7, 11) is 1.68. The number of aryl methyl sites for hydroxylation is 1. The van der Waals surface area contributed by atoms with Gasteiger partial charge in [0.15, 0.2) is 6.10 Å². The van der Waals surface area contributed by atoms with Crippen molar-refractivity contribution in [1.82, 2.24) is 14.4 Å². The van der Waals surface area contributed by atoms with E-state index < -0.39 is 17.8 Å². The lowest BCUT2D eigenvalue weighted by atomic mass is 10.1. The fraction of sp³-hybridized carbons (Fsp3) is 0.593. The van der Waals surface area contributed by atoms with E-state index in [0.29, 0.717) is 31.9 Å². The highest BCUT2D eigenvalue weighted by Gasteiger charge is 2.39. The molecule has 1 aromatic heterocycles. The van der Waals surface area contributed by atoms with Crippen LogP contribution >= 0.6 is 0 Å². The van der Waals surface area contributed by atoms with Gasteiger partial charge in [0.2, 0.25) is 0 Å². The normalized spacial score (nSPS) is 18.2. The Bertz CT molecular complexity index is 1140. The Kier molecular flexibility index (Phi) is 7.86. The van der Waals surface area contributed by atoms with E-state index in [1.54, 1.807) is 12.0 Å². The summed E-state index contributed by atoms with van der Waals surface area (Å²) in [5.41, 5.74) is 2.02. The number of hydrogen-bond donors (Lipinski definition) is 0. The number of carbonyl (C=O) groups excluding carboxylic acids is 2. The molecule has 1 aromatic carbocycles. The molecule has 0 N–H and O–H groups in total. The Morgan fingerprint density at radius 3 is 2.72 bits per heavy atom.